The minimum atomic E-state index is 0.457. The van der Waals surface area contributed by atoms with Crippen LogP contribution >= 0.6 is 43.2 Å². The minimum absolute atomic E-state index is 0.457. The number of fused-ring (bicyclic) bond motifs is 1. The third-order valence-corrected chi connectivity index (χ3v) is 4.85. The Morgan fingerprint density at radius 2 is 2.07 bits per heavy atom. The van der Waals surface area contributed by atoms with Gasteiger partial charge in [0.15, 0.2) is 0 Å². The number of benzene rings is 1. The van der Waals surface area contributed by atoms with Crippen molar-refractivity contribution >= 4 is 53.3 Å². The van der Waals surface area contributed by atoms with Gasteiger partial charge in [-0.2, -0.15) is 5.26 Å². The van der Waals surface area contributed by atoms with Crippen LogP contribution in [0.15, 0.2) is 26.5 Å². The van der Waals surface area contributed by atoms with E-state index in [0.717, 1.165) is 19.9 Å². The summed E-state index contributed by atoms with van der Waals surface area (Å²) in [6.45, 7) is 0. The number of nitriles is 1. The lowest BCUT2D eigenvalue weighted by molar-refractivity contribution is 1.29. The Labute approximate surface area is 103 Å². The van der Waals surface area contributed by atoms with Gasteiger partial charge in [0.05, 0.1) is 12.5 Å². The molecule has 2 rings (SSSR count). The lowest BCUT2D eigenvalue weighted by Crippen LogP contribution is -1.82. The summed E-state index contributed by atoms with van der Waals surface area (Å²) >= 11 is 8.68. The Morgan fingerprint density at radius 3 is 2.79 bits per heavy atom. The maximum Gasteiger partial charge on any atom is 0.0669 e. The summed E-state index contributed by atoms with van der Waals surface area (Å²) in [5.41, 5.74) is 1.08. The molecule has 0 radical (unpaired) electrons. The average molecular weight is 331 g/mol. The van der Waals surface area contributed by atoms with Gasteiger partial charge in [0.25, 0.3) is 0 Å². The maximum absolute atomic E-state index is 8.70. The van der Waals surface area contributed by atoms with Gasteiger partial charge in [-0.15, -0.1) is 11.3 Å². The van der Waals surface area contributed by atoms with Gasteiger partial charge in [-0.25, -0.2) is 0 Å². The van der Waals surface area contributed by atoms with Crippen LogP contribution in [0.4, 0.5) is 0 Å². The van der Waals surface area contributed by atoms with Crippen molar-refractivity contribution in [1.82, 2.24) is 0 Å². The van der Waals surface area contributed by atoms with Gasteiger partial charge in [0, 0.05) is 24.4 Å². The van der Waals surface area contributed by atoms with Crippen LogP contribution < -0.4 is 0 Å². The second kappa shape index (κ2) is 4.01. The van der Waals surface area contributed by atoms with Crippen LogP contribution in [0.25, 0.3) is 10.1 Å². The van der Waals surface area contributed by atoms with E-state index in [1.54, 1.807) is 11.3 Å². The van der Waals surface area contributed by atoms with E-state index in [1.165, 1.54) is 4.70 Å². The van der Waals surface area contributed by atoms with E-state index in [1.807, 2.05) is 12.1 Å². The highest BCUT2D eigenvalue weighted by atomic mass is 79.9. The molecular formula is C10H5Br2NS. The summed E-state index contributed by atoms with van der Waals surface area (Å²) in [4.78, 5) is 0. The van der Waals surface area contributed by atoms with Crippen molar-refractivity contribution in [3.63, 3.8) is 0 Å². The fourth-order valence-electron chi connectivity index (χ4n) is 1.38. The normalized spacial score (nSPS) is 10.4. The molecule has 14 heavy (non-hydrogen) atoms. The molecule has 0 spiro atoms. The van der Waals surface area contributed by atoms with Crippen molar-refractivity contribution in [2.75, 3.05) is 0 Å². The molecule has 0 aliphatic heterocycles. The molecule has 0 aliphatic carbocycles. The van der Waals surface area contributed by atoms with E-state index >= 15 is 0 Å². The number of nitrogens with zero attached hydrogens (tertiary/aromatic N) is 1. The third-order valence-electron chi connectivity index (χ3n) is 1.98. The Morgan fingerprint density at radius 1 is 1.29 bits per heavy atom. The van der Waals surface area contributed by atoms with Gasteiger partial charge in [0.2, 0.25) is 0 Å². The molecule has 0 atom stereocenters. The highest BCUT2D eigenvalue weighted by Gasteiger charge is 2.09. The summed E-state index contributed by atoms with van der Waals surface area (Å²) < 4.78 is 3.36. The third kappa shape index (κ3) is 1.60. The van der Waals surface area contributed by atoms with E-state index in [2.05, 4.69) is 43.3 Å². The average Bonchev–Trinajstić information content (AvgIpc) is 2.55. The molecule has 1 aromatic carbocycles. The van der Waals surface area contributed by atoms with Crippen molar-refractivity contribution in [2.24, 2.45) is 0 Å². The van der Waals surface area contributed by atoms with E-state index in [4.69, 9.17) is 5.26 Å². The zero-order chi connectivity index (χ0) is 10.1. The molecule has 1 nitrogen and oxygen atoms in total. The molecule has 0 saturated heterocycles. The van der Waals surface area contributed by atoms with Crippen LogP contribution in [0.1, 0.15) is 5.56 Å². The van der Waals surface area contributed by atoms with E-state index in [9.17, 15) is 0 Å². The van der Waals surface area contributed by atoms with Crippen molar-refractivity contribution in [3.8, 4) is 6.07 Å². The predicted octanol–water partition coefficient (Wildman–Crippen LogP) is 4.49. The standard InChI is InChI=1S/C10H5Br2NS/c11-7-2-1-6(3-4-13)9-8(12)5-14-10(7)9/h1-2,5H,3H2. The number of hydrogen-bond donors (Lipinski definition) is 0. The summed E-state index contributed by atoms with van der Waals surface area (Å²) in [6.07, 6.45) is 0.457. The smallest absolute Gasteiger partial charge is 0.0669 e. The molecular weight excluding hydrogens is 326 g/mol. The SMILES string of the molecule is N#CCc1ccc(Br)c2scc(Br)c12. The second-order valence-electron chi connectivity index (χ2n) is 2.83. The zero-order valence-corrected chi connectivity index (χ0v) is 11.0. The van der Waals surface area contributed by atoms with E-state index in [0.29, 0.717) is 6.42 Å². The highest BCUT2D eigenvalue weighted by molar-refractivity contribution is 9.11. The largest absolute Gasteiger partial charge is 0.198 e. The molecule has 70 valence electrons. The molecule has 0 saturated carbocycles. The molecule has 2 aromatic rings. The molecule has 1 aromatic heterocycles. The maximum atomic E-state index is 8.70. The first-order chi connectivity index (χ1) is 6.74. The quantitative estimate of drug-likeness (QED) is 0.755. The van der Waals surface area contributed by atoms with Crippen molar-refractivity contribution in [2.45, 2.75) is 6.42 Å². The lowest BCUT2D eigenvalue weighted by Gasteiger charge is -2.00. The first kappa shape index (κ1) is 10.2. The molecule has 0 unspecified atom stereocenters. The van der Waals surface area contributed by atoms with Crippen molar-refractivity contribution in [3.05, 3.63) is 32.0 Å². The van der Waals surface area contributed by atoms with Gasteiger partial charge in [-0.1, -0.05) is 6.07 Å². The fraction of sp³-hybridized carbons (Fsp3) is 0.100. The van der Waals surface area contributed by atoms with Gasteiger partial charge in [0.1, 0.15) is 0 Å². The van der Waals surface area contributed by atoms with Crippen molar-refractivity contribution < 1.29 is 0 Å². The Balaban J connectivity index is 2.80. The summed E-state index contributed by atoms with van der Waals surface area (Å²) in [6, 6.07) is 6.17. The van der Waals surface area contributed by atoms with Gasteiger partial charge in [-0.05, 0) is 43.5 Å². The summed E-state index contributed by atoms with van der Waals surface area (Å²) in [5, 5.41) is 11.9. The molecule has 0 fully saturated rings. The van der Waals surface area contributed by atoms with E-state index in [-0.39, 0.29) is 0 Å². The number of hydrogen-bond acceptors (Lipinski definition) is 2. The predicted molar refractivity (Wildman–Crippen MR) is 66.5 cm³/mol. The molecule has 0 bridgehead atoms. The second-order valence-corrected chi connectivity index (χ2v) is 5.42. The van der Waals surface area contributed by atoms with Crippen LogP contribution in [0, 0.1) is 11.3 Å². The summed E-state index contributed by atoms with van der Waals surface area (Å²) in [5.74, 6) is 0. The monoisotopic (exact) mass is 329 g/mol. The zero-order valence-electron chi connectivity index (χ0n) is 7.05. The van der Waals surface area contributed by atoms with Crippen molar-refractivity contribution in [1.29, 1.82) is 5.26 Å². The van der Waals surface area contributed by atoms with Crippen LogP contribution in [0.2, 0.25) is 0 Å². The minimum Gasteiger partial charge on any atom is -0.198 e. The topological polar surface area (TPSA) is 23.8 Å². The van der Waals surface area contributed by atoms with Crippen LogP contribution in [0.5, 0.6) is 0 Å². The highest BCUT2D eigenvalue weighted by Crippen LogP contribution is 2.37. The molecule has 4 heteroatoms. The molecule has 0 amide bonds. The number of thiophene rings is 1. The number of rotatable bonds is 1. The van der Waals surface area contributed by atoms with Gasteiger partial charge in [-0.3, -0.25) is 0 Å². The Bertz CT molecular complexity index is 525. The molecule has 1 heterocycles. The molecule has 0 N–H and O–H groups in total. The first-order valence-corrected chi connectivity index (χ1v) is 6.41. The summed E-state index contributed by atoms with van der Waals surface area (Å²) in [7, 11) is 0. The Kier molecular flexibility index (Phi) is 2.91. The number of halogens is 2. The van der Waals surface area contributed by atoms with Gasteiger partial charge < -0.3 is 0 Å². The van der Waals surface area contributed by atoms with Crippen LogP contribution in [-0.4, -0.2) is 0 Å². The van der Waals surface area contributed by atoms with Crippen LogP contribution in [0.3, 0.4) is 0 Å². The van der Waals surface area contributed by atoms with Crippen LogP contribution in [-0.2, 0) is 6.42 Å². The lowest BCUT2D eigenvalue weighted by atomic mass is 10.1. The molecule has 0 aliphatic rings. The van der Waals surface area contributed by atoms with Gasteiger partial charge >= 0.3 is 0 Å². The fourth-order valence-corrected chi connectivity index (χ4v) is 3.73. The Hall–Kier alpha value is -0.370. The first-order valence-electron chi connectivity index (χ1n) is 3.95. The van der Waals surface area contributed by atoms with E-state index < -0.39 is 0 Å².